The number of aliphatic hydroxyl groups is 1. The first-order valence-electron chi connectivity index (χ1n) is 6.89. The number of benzene rings is 1. The average Bonchev–Trinajstić information content (AvgIpc) is 2.38. The first kappa shape index (κ1) is 15.2. The Hall–Kier alpha value is -0.860. The summed E-state index contributed by atoms with van der Waals surface area (Å²) in [5.74, 6) is 0.639. The van der Waals surface area contributed by atoms with E-state index in [9.17, 15) is 5.11 Å². The van der Waals surface area contributed by atoms with Crippen molar-refractivity contribution in [3.63, 3.8) is 0 Å². The second kappa shape index (κ2) is 6.91. The minimum absolute atomic E-state index is 0.0450. The van der Waals surface area contributed by atoms with E-state index in [1.54, 1.807) is 0 Å². The highest BCUT2D eigenvalue weighted by Crippen LogP contribution is 2.19. The molecule has 1 rings (SSSR count). The van der Waals surface area contributed by atoms with Crippen LogP contribution in [-0.4, -0.2) is 18.3 Å². The smallest absolute Gasteiger partial charge is 0.0494 e. The molecular formula is C16H27NO. The fourth-order valence-corrected chi connectivity index (χ4v) is 1.80. The van der Waals surface area contributed by atoms with Crippen molar-refractivity contribution < 1.29 is 5.11 Å². The molecule has 0 aliphatic carbocycles. The lowest BCUT2D eigenvalue weighted by Gasteiger charge is -2.22. The Morgan fingerprint density at radius 2 is 1.83 bits per heavy atom. The van der Waals surface area contributed by atoms with Gasteiger partial charge >= 0.3 is 0 Å². The van der Waals surface area contributed by atoms with Gasteiger partial charge in [-0.2, -0.15) is 0 Å². The summed E-state index contributed by atoms with van der Waals surface area (Å²) in [4.78, 5) is 0. The molecular weight excluding hydrogens is 222 g/mol. The van der Waals surface area contributed by atoms with E-state index in [4.69, 9.17) is 0 Å². The van der Waals surface area contributed by atoms with Gasteiger partial charge < -0.3 is 10.4 Å². The second-order valence-corrected chi connectivity index (χ2v) is 5.98. The highest BCUT2D eigenvalue weighted by atomic mass is 16.3. The van der Waals surface area contributed by atoms with Gasteiger partial charge in [0.15, 0.2) is 0 Å². The third-order valence-electron chi connectivity index (χ3n) is 3.52. The summed E-state index contributed by atoms with van der Waals surface area (Å²) >= 11 is 0. The first-order valence-corrected chi connectivity index (χ1v) is 6.89. The molecule has 1 aromatic rings. The largest absolute Gasteiger partial charge is 0.396 e. The van der Waals surface area contributed by atoms with Crippen molar-refractivity contribution >= 4 is 0 Å². The van der Waals surface area contributed by atoms with Crippen LogP contribution in [0.2, 0.25) is 0 Å². The summed E-state index contributed by atoms with van der Waals surface area (Å²) in [5.41, 5.74) is 2.67. The zero-order chi connectivity index (χ0) is 13.6. The number of hydrogen-bond donors (Lipinski definition) is 2. The van der Waals surface area contributed by atoms with Crippen LogP contribution in [-0.2, 0) is 6.54 Å². The Bertz CT molecular complexity index is 343. The van der Waals surface area contributed by atoms with Gasteiger partial charge in [-0.1, -0.05) is 52.0 Å². The molecule has 0 aliphatic rings. The molecule has 1 unspecified atom stereocenters. The van der Waals surface area contributed by atoms with Gasteiger partial charge in [-0.05, 0) is 23.5 Å². The standard InChI is InChI=1S/C16H27NO/c1-5-13(2)15-8-6-14(7-9-15)10-17-11-16(3,4)12-18/h6-9,13,17-18H,5,10-12H2,1-4H3. The third-order valence-corrected chi connectivity index (χ3v) is 3.52. The van der Waals surface area contributed by atoms with Crippen molar-refractivity contribution in [3.05, 3.63) is 35.4 Å². The predicted octanol–water partition coefficient (Wildman–Crippen LogP) is 3.31. The molecule has 2 heteroatoms. The molecule has 102 valence electrons. The van der Waals surface area contributed by atoms with Crippen molar-refractivity contribution in [1.82, 2.24) is 5.32 Å². The molecule has 0 amide bonds. The SMILES string of the molecule is CCC(C)c1ccc(CNCC(C)(C)CO)cc1. The molecule has 0 fully saturated rings. The van der Waals surface area contributed by atoms with E-state index in [-0.39, 0.29) is 12.0 Å². The molecule has 0 bridgehead atoms. The van der Waals surface area contributed by atoms with Crippen LogP contribution < -0.4 is 5.32 Å². The van der Waals surface area contributed by atoms with Crippen molar-refractivity contribution in [1.29, 1.82) is 0 Å². The van der Waals surface area contributed by atoms with Crippen molar-refractivity contribution in [2.45, 2.75) is 46.6 Å². The van der Waals surface area contributed by atoms with Crippen LogP contribution in [0.15, 0.2) is 24.3 Å². The molecule has 0 heterocycles. The van der Waals surface area contributed by atoms with Crippen molar-refractivity contribution in [2.75, 3.05) is 13.2 Å². The average molecular weight is 249 g/mol. The van der Waals surface area contributed by atoms with Crippen LogP contribution in [0.25, 0.3) is 0 Å². The summed E-state index contributed by atoms with van der Waals surface area (Å²) in [6.45, 7) is 10.5. The number of hydrogen-bond acceptors (Lipinski definition) is 2. The Morgan fingerprint density at radius 3 is 2.33 bits per heavy atom. The lowest BCUT2D eigenvalue weighted by atomic mass is 9.95. The Morgan fingerprint density at radius 1 is 1.22 bits per heavy atom. The summed E-state index contributed by atoms with van der Waals surface area (Å²) < 4.78 is 0. The topological polar surface area (TPSA) is 32.3 Å². The molecule has 0 radical (unpaired) electrons. The molecule has 0 spiro atoms. The van der Waals surface area contributed by atoms with E-state index < -0.39 is 0 Å². The molecule has 0 aromatic heterocycles. The van der Waals surface area contributed by atoms with Gasteiger partial charge in [0.25, 0.3) is 0 Å². The van der Waals surface area contributed by atoms with Crippen LogP contribution >= 0.6 is 0 Å². The van der Waals surface area contributed by atoms with Gasteiger partial charge in [-0.3, -0.25) is 0 Å². The number of nitrogens with one attached hydrogen (secondary N) is 1. The van der Waals surface area contributed by atoms with Crippen molar-refractivity contribution in [2.24, 2.45) is 5.41 Å². The quantitative estimate of drug-likeness (QED) is 0.777. The van der Waals surface area contributed by atoms with Crippen LogP contribution in [0.5, 0.6) is 0 Å². The van der Waals surface area contributed by atoms with E-state index in [2.05, 4.69) is 57.3 Å². The summed E-state index contributed by atoms with van der Waals surface area (Å²) in [6, 6.07) is 8.84. The zero-order valence-electron chi connectivity index (χ0n) is 12.2. The summed E-state index contributed by atoms with van der Waals surface area (Å²) in [5, 5.41) is 12.6. The molecule has 18 heavy (non-hydrogen) atoms. The third kappa shape index (κ3) is 4.79. The van der Waals surface area contributed by atoms with Gasteiger partial charge in [0.1, 0.15) is 0 Å². The lowest BCUT2D eigenvalue weighted by Crippen LogP contribution is -2.31. The van der Waals surface area contributed by atoms with Crippen LogP contribution in [0.4, 0.5) is 0 Å². The molecule has 2 nitrogen and oxygen atoms in total. The lowest BCUT2D eigenvalue weighted by molar-refractivity contribution is 0.156. The number of aliphatic hydroxyl groups excluding tert-OH is 1. The minimum Gasteiger partial charge on any atom is -0.396 e. The maximum atomic E-state index is 9.18. The molecule has 1 atom stereocenters. The van der Waals surface area contributed by atoms with E-state index in [0.717, 1.165) is 13.1 Å². The van der Waals surface area contributed by atoms with Gasteiger partial charge in [0, 0.05) is 25.1 Å². The normalized spacial score (nSPS) is 13.6. The van der Waals surface area contributed by atoms with Crippen molar-refractivity contribution in [3.8, 4) is 0 Å². The Kier molecular flexibility index (Phi) is 5.83. The highest BCUT2D eigenvalue weighted by molar-refractivity contribution is 5.24. The van der Waals surface area contributed by atoms with Crippen LogP contribution in [0.3, 0.4) is 0 Å². The maximum absolute atomic E-state index is 9.18. The van der Waals surface area contributed by atoms with E-state index >= 15 is 0 Å². The van der Waals surface area contributed by atoms with Gasteiger partial charge in [0.05, 0.1) is 0 Å². The number of rotatable bonds is 7. The van der Waals surface area contributed by atoms with Gasteiger partial charge in [-0.25, -0.2) is 0 Å². The first-order chi connectivity index (χ1) is 8.48. The van der Waals surface area contributed by atoms with Crippen LogP contribution in [0.1, 0.15) is 51.2 Å². The van der Waals surface area contributed by atoms with Gasteiger partial charge in [-0.15, -0.1) is 0 Å². The monoisotopic (exact) mass is 249 g/mol. The maximum Gasteiger partial charge on any atom is 0.0494 e. The van der Waals surface area contributed by atoms with Crippen LogP contribution in [0, 0.1) is 5.41 Å². The predicted molar refractivity (Wildman–Crippen MR) is 77.7 cm³/mol. The fourth-order valence-electron chi connectivity index (χ4n) is 1.80. The zero-order valence-corrected chi connectivity index (χ0v) is 12.2. The second-order valence-electron chi connectivity index (χ2n) is 5.98. The van der Waals surface area contributed by atoms with E-state index in [1.807, 2.05) is 0 Å². The molecule has 0 saturated carbocycles. The Labute approximate surface area is 111 Å². The summed E-state index contributed by atoms with van der Waals surface area (Å²) in [6.07, 6.45) is 1.18. The highest BCUT2D eigenvalue weighted by Gasteiger charge is 2.15. The molecule has 2 N–H and O–H groups in total. The van der Waals surface area contributed by atoms with E-state index in [1.165, 1.54) is 17.5 Å². The fraction of sp³-hybridized carbons (Fsp3) is 0.625. The summed E-state index contributed by atoms with van der Waals surface area (Å²) in [7, 11) is 0. The molecule has 0 aliphatic heterocycles. The minimum atomic E-state index is -0.0450. The Balaban J connectivity index is 2.45. The van der Waals surface area contributed by atoms with Gasteiger partial charge in [0.2, 0.25) is 0 Å². The molecule has 1 aromatic carbocycles. The van der Waals surface area contributed by atoms with E-state index in [0.29, 0.717) is 5.92 Å². The molecule has 0 saturated heterocycles.